The maximum atomic E-state index is 14.6. The number of aromatic amines is 1. The molecule has 0 unspecified atom stereocenters. The largest absolute Gasteiger partial charge is 0.282 e. The zero-order valence-corrected chi connectivity index (χ0v) is 13.5. The number of nitrogens with zero attached hydrogens (tertiary/aromatic N) is 2. The summed E-state index contributed by atoms with van der Waals surface area (Å²) in [6, 6.07) is 15.3. The van der Waals surface area contributed by atoms with Crippen LogP contribution in [-0.2, 0) is 6.42 Å². The van der Waals surface area contributed by atoms with Gasteiger partial charge in [0.15, 0.2) is 0 Å². The zero-order valence-electron chi connectivity index (χ0n) is 13.5. The topological polar surface area (TPSA) is 41.0 Å². The van der Waals surface area contributed by atoms with E-state index in [9.17, 15) is 4.39 Å². The SMILES string of the molecule is C=C/N=C\c1c(-c2ccc(Cc3ccccc3)cc2F)n[nH]c1C. The smallest absolute Gasteiger partial charge is 0.132 e. The highest BCUT2D eigenvalue weighted by molar-refractivity contribution is 5.90. The molecule has 120 valence electrons. The van der Waals surface area contributed by atoms with E-state index < -0.39 is 0 Å². The Kier molecular flexibility index (Phi) is 4.66. The number of aromatic nitrogens is 2. The Balaban J connectivity index is 1.93. The zero-order chi connectivity index (χ0) is 16.9. The Hall–Kier alpha value is -3.01. The van der Waals surface area contributed by atoms with E-state index in [0.29, 0.717) is 17.7 Å². The van der Waals surface area contributed by atoms with E-state index in [1.165, 1.54) is 6.20 Å². The normalized spacial score (nSPS) is 11.1. The third-order valence-corrected chi connectivity index (χ3v) is 3.84. The molecule has 0 saturated carbocycles. The molecule has 1 aromatic heterocycles. The molecule has 3 aromatic rings. The molecule has 0 radical (unpaired) electrons. The minimum atomic E-state index is -0.289. The number of halogens is 1. The Morgan fingerprint density at radius 1 is 1.17 bits per heavy atom. The summed E-state index contributed by atoms with van der Waals surface area (Å²) < 4.78 is 14.6. The molecule has 4 heteroatoms. The Bertz CT molecular complexity index is 879. The van der Waals surface area contributed by atoms with Gasteiger partial charge in [-0.25, -0.2) is 4.39 Å². The fourth-order valence-electron chi connectivity index (χ4n) is 2.62. The van der Waals surface area contributed by atoms with E-state index in [2.05, 4.69) is 21.8 Å². The third kappa shape index (κ3) is 3.33. The first-order valence-electron chi connectivity index (χ1n) is 7.71. The minimum absolute atomic E-state index is 0.289. The summed E-state index contributed by atoms with van der Waals surface area (Å²) in [5.41, 5.74) is 4.70. The van der Waals surface area contributed by atoms with Gasteiger partial charge in [0.2, 0.25) is 0 Å². The summed E-state index contributed by atoms with van der Waals surface area (Å²) in [7, 11) is 0. The number of rotatable bonds is 5. The molecule has 0 atom stereocenters. The first-order valence-corrected chi connectivity index (χ1v) is 7.71. The van der Waals surface area contributed by atoms with Crippen molar-refractivity contribution in [2.24, 2.45) is 4.99 Å². The molecule has 1 heterocycles. The van der Waals surface area contributed by atoms with Gasteiger partial charge in [0.05, 0.1) is 0 Å². The van der Waals surface area contributed by atoms with Crippen molar-refractivity contribution in [2.45, 2.75) is 13.3 Å². The highest BCUT2D eigenvalue weighted by Crippen LogP contribution is 2.26. The molecule has 0 aliphatic carbocycles. The second kappa shape index (κ2) is 7.04. The minimum Gasteiger partial charge on any atom is -0.282 e. The molecule has 0 saturated heterocycles. The molecule has 3 nitrogen and oxygen atoms in total. The number of hydrogen-bond donors (Lipinski definition) is 1. The molecule has 0 spiro atoms. The van der Waals surface area contributed by atoms with Crippen LogP contribution in [0.15, 0.2) is 66.3 Å². The van der Waals surface area contributed by atoms with Crippen LogP contribution in [0.4, 0.5) is 4.39 Å². The Labute approximate surface area is 140 Å². The molecular formula is C20H18FN3. The molecule has 0 bridgehead atoms. The van der Waals surface area contributed by atoms with Crippen molar-refractivity contribution in [2.75, 3.05) is 0 Å². The van der Waals surface area contributed by atoms with Crippen LogP contribution in [0.25, 0.3) is 11.3 Å². The van der Waals surface area contributed by atoms with Crippen LogP contribution >= 0.6 is 0 Å². The summed E-state index contributed by atoms with van der Waals surface area (Å²) in [6.45, 7) is 5.44. The first kappa shape index (κ1) is 15.9. The van der Waals surface area contributed by atoms with Gasteiger partial charge in [-0.05, 0) is 36.6 Å². The van der Waals surface area contributed by atoms with Crippen molar-refractivity contribution in [1.82, 2.24) is 10.2 Å². The summed E-state index contributed by atoms with van der Waals surface area (Å²) in [6.07, 6.45) is 3.77. The molecule has 0 aliphatic heterocycles. The predicted octanol–water partition coefficient (Wildman–Crippen LogP) is 4.68. The molecule has 3 rings (SSSR count). The van der Waals surface area contributed by atoms with Gasteiger partial charge in [-0.15, -0.1) is 0 Å². The van der Waals surface area contributed by atoms with Crippen LogP contribution in [-0.4, -0.2) is 16.4 Å². The van der Waals surface area contributed by atoms with Crippen LogP contribution in [0.5, 0.6) is 0 Å². The molecule has 2 aromatic carbocycles. The lowest BCUT2D eigenvalue weighted by Crippen LogP contribution is -1.94. The van der Waals surface area contributed by atoms with Gasteiger partial charge >= 0.3 is 0 Å². The predicted molar refractivity (Wildman–Crippen MR) is 95.8 cm³/mol. The van der Waals surface area contributed by atoms with Gasteiger partial charge in [-0.2, -0.15) is 5.10 Å². The van der Waals surface area contributed by atoms with E-state index in [-0.39, 0.29) is 5.82 Å². The highest BCUT2D eigenvalue weighted by Gasteiger charge is 2.15. The van der Waals surface area contributed by atoms with E-state index in [4.69, 9.17) is 0 Å². The maximum absolute atomic E-state index is 14.6. The number of aryl methyl sites for hydroxylation is 1. The van der Waals surface area contributed by atoms with Gasteiger partial charge < -0.3 is 0 Å². The standard InChI is InChI=1S/C20H18FN3/c1-3-22-13-18-14(2)23-24-20(18)17-10-9-16(12-19(17)21)11-15-7-5-4-6-8-15/h3-10,12-13H,1,11H2,2H3,(H,23,24)/b22-13-. The third-order valence-electron chi connectivity index (χ3n) is 3.84. The first-order chi connectivity index (χ1) is 11.7. The van der Waals surface area contributed by atoms with Gasteiger partial charge in [-0.3, -0.25) is 10.1 Å². The van der Waals surface area contributed by atoms with Crippen LogP contribution in [0.1, 0.15) is 22.4 Å². The molecule has 0 amide bonds. The lowest BCUT2D eigenvalue weighted by Gasteiger charge is -2.06. The molecule has 0 fully saturated rings. The molecule has 24 heavy (non-hydrogen) atoms. The monoisotopic (exact) mass is 319 g/mol. The number of aliphatic imine (C=N–C) groups is 1. The van der Waals surface area contributed by atoms with Gasteiger partial charge in [0.1, 0.15) is 11.5 Å². The summed E-state index contributed by atoms with van der Waals surface area (Å²) in [4.78, 5) is 4.02. The van der Waals surface area contributed by atoms with E-state index in [0.717, 1.165) is 22.4 Å². The van der Waals surface area contributed by atoms with Gasteiger partial charge in [0, 0.05) is 29.2 Å². The fourth-order valence-corrected chi connectivity index (χ4v) is 2.62. The Morgan fingerprint density at radius 2 is 1.96 bits per heavy atom. The summed E-state index contributed by atoms with van der Waals surface area (Å²) in [5.74, 6) is -0.289. The lowest BCUT2D eigenvalue weighted by molar-refractivity contribution is 0.629. The van der Waals surface area contributed by atoms with Crippen molar-refractivity contribution in [3.63, 3.8) is 0 Å². The van der Waals surface area contributed by atoms with Crippen LogP contribution in [0.3, 0.4) is 0 Å². The summed E-state index contributed by atoms with van der Waals surface area (Å²) >= 11 is 0. The van der Waals surface area contributed by atoms with Crippen molar-refractivity contribution in [3.05, 3.63) is 89.5 Å². The van der Waals surface area contributed by atoms with Crippen LogP contribution in [0, 0.1) is 12.7 Å². The quantitative estimate of drug-likeness (QED) is 0.682. The fraction of sp³-hybridized carbons (Fsp3) is 0.100. The van der Waals surface area contributed by atoms with Crippen molar-refractivity contribution in [3.8, 4) is 11.3 Å². The van der Waals surface area contributed by atoms with E-state index >= 15 is 0 Å². The number of H-pyrrole nitrogens is 1. The maximum Gasteiger partial charge on any atom is 0.132 e. The van der Waals surface area contributed by atoms with Crippen LogP contribution in [0.2, 0.25) is 0 Å². The molecule has 1 N–H and O–H groups in total. The van der Waals surface area contributed by atoms with Gasteiger partial charge in [-0.1, -0.05) is 43.0 Å². The number of benzene rings is 2. The number of hydrogen-bond acceptors (Lipinski definition) is 2. The highest BCUT2D eigenvalue weighted by atomic mass is 19.1. The summed E-state index contributed by atoms with van der Waals surface area (Å²) in [5, 5.41) is 7.11. The lowest BCUT2D eigenvalue weighted by atomic mass is 10.0. The number of nitrogens with one attached hydrogen (secondary N) is 1. The van der Waals surface area contributed by atoms with Crippen molar-refractivity contribution in [1.29, 1.82) is 0 Å². The second-order valence-electron chi connectivity index (χ2n) is 5.55. The van der Waals surface area contributed by atoms with Crippen molar-refractivity contribution >= 4 is 6.21 Å². The second-order valence-corrected chi connectivity index (χ2v) is 5.55. The molecule has 0 aliphatic rings. The van der Waals surface area contributed by atoms with Crippen LogP contribution < -0.4 is 0 Å². The Morgan fingerprint density at radius 3 is 2.67 bits per heavy atom. The van der Waals surface area contributed by atoms with Gasteiger partial charge in [0.25, 0.3) is 0 Å². The average Bonchev–Trinajstić information content (AvgIpc) is 2.94. The van der Waals surface area contributed by atoms with E-state index in [1.807, 2.05) is 43.3 Å². The average molecular weight is 319 g/mol. The van der Waals surface area contributed by atoms with E-state index in [1.54, 1.807) is 18.3 Å². The van der Waals surface area contributed by atoms with Crippen molar-refractivity contribution < 1.29 is 4.39 Å². The molecular weight excluding hydrogens is 301 g/mol.